The van der Waals surface area contributed by atoms with E-state index in [-0.39, 0.29) is 37.5 Å². The third-order valence-electron chi connectivity index (χ3n) is 9.57. The number of alkyl halides is 2. The second kappa shape index (κ2) is 9.60. The van der Waals surface area contributed by atoms with Crippen LogP contribution < -0.4 is 4.74 Å². The molecular formula is C29H32Cl2N2O6. The van der Waals surface area contributed by atoms with Crippen LogP contribution in [0.15, 0.2) is 35.9 Å². The number of amides is 4. The Kier molecular flexibility index (Phi) is 6.59. The smallest absolute Gasteiger partial charge is 0.253 e. The highest BCUT2D eigenvalue weighted by atomic mass is 35.5. The molecule has 10 heteroatoms. The summed E-state index contributed by atoms with van der Waals surface area (Å²) in [6, 6.07) is 6.95. The molecule has 6 atom stereocenters. The first-order chi connectivity index (χ1) is 18.7. The minimum absolute atomic E-state index is 0.0202. The van der Waals surface area contributed by atoms with E-state index in [1.165, 1.54) is 11.9 Å². The average molecular weight is 575 g/mol. The lowest BCUT2D eigenvalue weighted by molar-refractivity contribution is -0.144. The Hall–Kier alpha value is -2.42. The number of benzene rings is 1. The molecular weight excluding hydrogens is 543 g/mol. The summed E-state index contributed by atoms with van der Waals surface area (Å²) in [6.45, 7) is -0.193. The second-order valence-corrected chi connectivity index (χ2v) is 12.7. The number of fused-ring (bicyclic) bond motifs is 4. The first-order valence-corrected chi connectivity index (χ1v) is 14.5. The van der Waals surface area contributed by atoms with Crippen molar-refractivity contribution in [1.82, 2.24) is 9.80 Å². The van der Waals surface area contributed by atoms with Crippen LogP contribution in [0.3, 0.4) is 0 Å². The van der Waals surface area contributed by atoms with E-state index in [4.69, 9.17) is 27.9 Å². The lowest BCUT2D eigenvalue weighted by Crippen LogP contribution is -2.60. The van der Waals surface area contributed by atoms with Crippen molar-refractivity contribution in [2.45, 2.75) is 66.7 Å². The average Bonchev–Trinajstić information content (AvgIpc) is 3.27. The number of rotatable bonds is 5. The highest BCUT2D eigenvalue weighted by molar-refractivity contribution is 6.53. The Balaban J connectivity index is 1.49. The minimum atomic E-state index is -1.86. The number of carbonyl (C=O) groups is 4. The number of aliphatic hydroxyl groups is 1. The number of halogens is 2. The maximum atomic E-state index is 14.0. The fourth-order valence-electron chi connectivity index (χ4n) is 7.82. The van der Waals surface area contributed by atoms with Gasteiger partial charge in [0.25, 0.3) is 11.8 Å². The fraction of sp³-hybridized carbons (Fsp3) is 0.586. The van der Waals surface area contributed by atoms with Crippen molar-refractivity contribution in [3.63, 3.8) is 0 Å². The van der Waals surface area contributed by atoms with Gasteiger partial charge in [0.15, 0.2) is 9.75 Å². The number of ether oxygens (including phenoxy) is 1. The van der Waals surface area contributed by atoms with Gasteiger partial charge in [0, 0.05) is 24.6 Å². The van der Waals surface area contributed by atoms with E-state index in [2.05, 4.69) is 0 Å². The van der Waals surface area contributed by atoms with Crippen molar-refractivity contribution >= 4 is 46.8 Å². The summed E-state index contributed by atoms with van der Waals surface area (Å²) in [7, 11) is 1.37. The fourth-order valence-corrected chi connectivity index (χ4v) is 8.83. The molecule has 8 nitrogen and oxygen atoms in total. The summed E-state index contributed by atoms with van der Waals surface area (Å²) in [5.41, 5.74) is 1.29. The summed E-state index contributed by atoms with van der Waals surface area (Å²) >= 11 is 14.5. The number of aliphatic hydroxyl groups excluding tert-OH is 1. The summed E-state index contributed by atoms with van der Waals surface area (Å²) < 4.78 is 5.84. The van der Waals surface area contributed by atoms with Crippen LogP contribution in [-0.4, -0.2) is 74.6 Å². The Morgan fingerprint density at radius 1 is 1.00 bits per heavy atom. The molecule has 0 unspecified atom stereocenters. The number of hydrogen-bond donors (Lipinski definition) is 1. The molecule has 1 aromatic rings. The van der Waals surface area contributed by atoms with Gasteiger partial charge in [-0.3, -0.25) is 29.0 Å². The van der Waals surface area contributed by atoms with Gasteiger partial charge in [-0.1, -0.05) is 49.1 Å². The van der Waals surface area contributed by atoms with Crippen molar-refractivity contribution in [3.05, 3.63) is 41.5 Å². The molecule has 0 spiro atoms. The number of imide groups is 2. The molecule has 2 aliphatic heterocycles. The number of hydrogen-bond acceptors (Lipinski definition) is 6. The maximum Gasteiger partial charge on any atom is 0.253 e. The quantitative estimate of drug-likeness (QED) is 0.328. The molecule has 4 fully saturated rings. The van der Waals surface area contributed by atoms with Gasteiger partial charge in [0.2, 0.25) is 11.8 Å². The zero-order valence-corrected chi connectivity index (χ0v) is 23.3. The van der Waals surface area contributed by atoms with Crippen LogP contribution in [0.4, 0.5) is 0 Å². The van der Waals surface area contributed by atoms with E-state index >= 15 is 0 Å². The third kappa shape index (κ3) is 3.60. The Bertz CT molecular complexity index is 1280. The highest BCUT2D eigenvalue weighted by Gasteiger charge is 2.76. The number of nitrogens with zero attached hydrogens (tertiary/aromatic N) is 2. The lowest BCUT2D eigenvalue weighted by atomic mass is 9.56. The van der Waals surface area contributed by atoms with Gasteiger partial charge in [-0.15, -0.1) is 23.2 Å². The first-order valence-electron chi connectivity index (χ1n) is 13.8. The molecule has 0 aromatic heterocycles. The van der Waals surface area contributed by atoms with Gasteiger partial charge >= 0.3 is 0 Å². The standard InChI is InChI=1S/C29H32Cl2N2O6/c1-32-26(37)28(30)15-20-17(11-12-19-22(20)25(36)33(24(19)35)16-7-3-2-4-8-16)23(29(28,31)27(32)38)18-9-5-6-10-21(18)39-14-13-34/h5-6,9-11,16,19-20,22-23,34H,2-4,7-8,12-15H2,1H3/t19-,20+,22-,23+,28+,29-/m0/s1. The predicted molar refractivity (Wildman–Crippen MR) is 143 cm³/mol. The van der Waals surface area contributed by atoms with Crippen LogP contribution in [0.5, 0.6) is 5.75 Å². The zero-order valence-electron chi connectivity index (χ0n) is 21.8. The normalized spacial score (nSPS) is 36.6. The zero-order chi connectivity index (χ0) is 27.7. The molecule has 1 N–H and O–H groups in total. The van der Waals surface area contributed by atoms with Crippen molar-refractivity contribution in [3.8, 4) is 5.75 Å². The molecule has 5 aliphatic rings. The summed E-state index contributed by atoms with van der Waals surface area (Å²) in [5, 5.41) is 9.40. The molecule has 2 heterocycles. The third-order valence-corrected chi connectivity index (χ3v) is 11.0. The van der Waals surface area contributed by atoms with Crippen LogP contribution >= 0.6 is 23.2 Å². The lowest BCUT2D eigenvalue weighted by Gasteiger charge is -2.51. The van der Waals surface area contributed by atoms with Crippen LogP contribution in [0, 0.1) is 17.8 Å². The molecule has 2 saturated carbocycles. The van der Waals surface area contributed by atoms with Crippen LogP contribution in [0.1, 0.15) is 56.4 Å². The predicted octanol–water partition coefficient (Wildman–Crippen LogP) is 3.38. The molecule has 1 aromatic carbocycles. The highest BCUT2D eigenvalue weighted by Crippen LogP contribution is 2.66. The van der Waals surface area contributed by atoms with E-state index < -0.39 is 45.2 Å². The molecule has 2 saturated heterocycles. The SMILES string of the molecule is CN1C(=O)[C@]2(Cl)C[C@@H]3C(=CC[C@@H]4C(=O)N(C5CCCCC5)C(=O)[C@@H]43)[C@H](c3ccccc3OCCO)[C@]2(Cl)C1=O. The van der Waals surface area contributed by atoms with Gasteiger partial charge in [0.05, 0.1) is 18.4 Å². The minimum Gasteiger partial charge on any atom is -0.491 e. The van der Waals surface area contributed by atoms with E-state index in [9.17, 15) is 24.3 Å². The van der Waals surface area contributed by atoms with E-state index in [0.29, 0.717) is 17.7 Å². The maximum absolute atomic E-state index is 14.0. The van der Waals surface area contributed by atoms with Crippen molar-refractivity contribution in [1.29, 1.82) is 0 Å². The number of likely N-dealkylation sites (tertiary alicyclic amines) is 2. The summed E-state index contributed by atoms with van der Waals surface area (Å²) in [6.07, 6.45) is 6.95. The van der Waals surface area contributed by atoms with E-state index in [0.717, 1.165) is 42.6 Å². The molecule has 4 amide bonds. The molecule has 3 aliphatic carbocycles. The Labute approximate surface area is 237 Å². The molecule has 208 valence electrons. The molecule has 0 bridgehead atoms. The molecule has 0 radical (unpaired) electrons. The molecule has 39 heavy (non-hydrogen) atoms. The van der Waals surface area contributed by atoms with Crippen molar-refractivity contribution in [2.24, 2.45) is 17.8 Å². The monoisotopic (exact) mass is 574 g/mol. The van der Waals surface area contributed by atoms with Gasteiger partial charge < -0.3 is 9.84 Å². The van der Waals surface area contributed by atoms with Crippen LogP contribution in [-0.2, 0) is 19.2 Å². The largest absolute Gasteiger partial charge is 0.491 e. The van der Waals surface area contributed by atoms with E-state index in [1.54, 1.807) is 24.3 Å². The van der Waals surface area contributed by atoms with Gasteiger partial charge in [0.1, 0.15) is 12.4 Å². The Morgan fingerprint density at radius 2 is 1.72 bits per heavy atom. The number of carbonyl (C=O) groups excluding carboxylic acids is 4. The van der Waals surface area contributed by atoms with Gasteiger partial charge in [-0.2, -0.15) is 0 Å². The van der Waals surface area contributed by atoms with Crippen LogP contribution in [0.25, 0.3) is 0 Å². The van der Waals surface area contributed by atoms with Gasteiger partial charge in [-0.05, 0) is 37.7 Å². The van der Waals surface area contributed by atoms with Gasteiger partial charge in [-0.25, -0.2) is 0 Å². The van der Waals surface area contributed by atoms with E-state index in [1.807, 2.05) is 6.08 Å². The summed E-state index contributed by atoms with van der Waals surface area (Å²) in [5.74, 6) is -3.77. The topological polar surface area (TPSA) is 104 Å². The second-order valence-electron chi connectivity index (χ2n) is 11.4. The van der Waals surface area contributed by atoms with Crippen LogP contribution in [0.2, 0.25) is 0 Å². The molecule has 6 rings (SSSR count). The number of para-hydroxylation sites is 1. The first kappa shape index (κ1) is 26.8. The van der Waals surface area contributed by atoms with Crippen molar-refractivity contribution in [2.75, 3.05) is 20.3 Å². The Morgan fingerprint density at radius 3 is 2.44 bits per heavy atom. The summed E-state index contributed by atoms with van der Waals surface area (Å²) in [4.78, 5) is 53.8. The number of allylic oxidation sites excluding steroid dienone is 2. The van der Waals surface area contributed by atoms with Crippen molar-refractivity contribution < 1.29 is 29.0 Å².